The molecule has 0 saturated heterocycles. The summed E-state index contributed by atoms with van der Waals surface area (Å²) in [5.74, 6) is 1.01. The van der Waals surface area contributed by atoms with E-state index in [2.05, 4.69) is 12.2 Å². The number of rotatable bonds is 9. The summed E-state index contributed by atoms with van der Waals surface area (Å²) < 4.78 is 10.3. The largest absolute Gasteiger partial charge is 0.469 e. The number of furan rings is 1. The molecule has 2 atom stereocenters. The van der Waals surface area contributed by atoms with E-state index in [1.807, 2.05) is 12.1 Å². The molecular formula is C13H24N2O2. The first-order valence-electron chi connectivity index (χ1n) is 6.22. The maximum Gasteiger partial charge on any atom is 0.105 e. The van der Waals surface area contributed by atoms with Crippen molar-refractivity contribution in [3.05, 3.63) is 24.2 Å². The number of hydrogen-bond acceptors (Lipinski definition) is 4. The maximum atomic E-state index is 5.99. The zero-order valence-corrected chi connectivity index (χ0v) is 10.8. The highest BCUT2D eigenvalue weighted by Crippen LogP contribution is 2.04. The highest BCUT2D eigenvalue weighted by atomic mass is 16.5. The Kier molecular flexibility index (Phi) is 6.93. The number of nitrogens with one attached hydrogen (secondary N) is 1. The molecule has 17 heavy (non-hydrogen) atoms. The first kappa shape index (κ1) is 14.2. The molecule has 4 nitrogen and oxygen atoms in total. The molecule has 1 heterocycles. The molecule has 0 aliphatic rings. The summed E-state index contributed by atoms with van der Waals surface area (Å²) in [6.45, 7) is 3.77. The third-order valence-electron chi connectivity index (χ3n) is 2.74. The Morgan fingerprint density at radius 2 is 2.35 bits per heavy atom. The molecule has 0 spiro atoms. The van der Waals surface area contributed by atoms with Crippen molar-refractivity contribution in [3.8, 4) is 0 Å². The van der Waals surface area contributed by atoms with E-state index in [-0.39, 0.29) is 6.04 Å². The van der Waals surface area contributed by atoms with Crippen LogP contribution in [0.15, 0.2) is 22.8 Å². The zero-order chi connectivity index (χ0) is 12.5. The van der Waals surface area contributed by atoms with E-state index in [4.69, 9.17) is 14.9 Å². The highest BCUT2D eigenvalue weighted by Gasteiger charge is 2.07. The predicted octanol–water partition coefficient (Wildman–Crippen LogP) is 1.55. The van der Waals surface area contributed by atoms with E-state index in [0.29, 0.717) is 6.04 Å². The van der Waals surface area contributed by atoms with Gasteiger partial charge in [-0.3, -0.25) is 0 Å². The van der Waals surface area contributed by atoms with Crippen molar-refractivity contribution in [1.29, 1.82) is 0 Å². The van der Waals surface area contributed by atoms with Crippen LogP contribution < -0.4 is 11.1 Å². The summed E-state index contributed by atoms with van der Waals surface area (Å²) in [7, 11) is 1.72. The van der Waals surface area contributed by atoms with Gasteiger partial charge in [-0.1, -0.05) is 0 Å². The van der Waals surface area contributed by atoms with E-state index in [0.717, 1.165) is 38.2 Å². The Morgan fingerprint density at radius 1 is 1.53 bits per heavy atom. The molecule has 0 amide bonds. The Hall–Kier alpha value is -0.840. The van der Waals surface area contributed by atoms with Crippen molar-refractivity contribution < 1.29 is 9.15 Å². The number of hydrogen-bond donors (Lipinski definition) is 2. The minimum Gasteiger partial charge on any atom is -0.469 e. The Labute approximate surface area is 104 Å². The number of ether oxygens (including phenoxy) is 1. The second-order valence-corrected chi connectivity index (χ2v) is 4.49. The van der Waals surface area contributed by atoms with Gasteiger partial charge in [-0.15, -0.1) is 0 Å². The van der Waals surface area contributed by atoms with Crippen molar-refractivity contribution >= 4 is 0 Å². The average Bonchev–Trinajstić information content (AvgIpc) is 2.79. The van der Waals surface area contributed by atoms with Gasteiger partial charge in [0.2, 0.25) is 0 Å². The van der Waals surface area contributed by atoms with Gasteiger partial charge in [0.1, 0.15) is 5.76 Å². The number of nitrogens with two attached hydrogens (primary N) is 1. The predicted molar refractivity (Wildman–Crippen MR) is 69.0 cm³/mol. The van der Waals surface area contributed by atoms with Gasteiger partial charge in [0.05, 0.1) is 6.26 Å². The van der Waals surface area contributed by atoms with Gasteiger partial charge in [0, 0.05) is 38.8 Å². The first-order valence-corrected chi connectivity index (χ1v) is 6.22. The summed E-state index contributed by atoms with van der Waals surface area (Å²) >= 11 is 0. The Morgan fingerprint density at radius 3 is 3.00 bits per heavy atom. The molecule has 2 unspecified atom stereocenters. The smallest absolute Gasteiger partial charge is 0.105 e. The second-order valence-electron chi connectivity index (χ2n) is 4.49. The van der Waals surface area contributed by atoms with Gasteiger partial charge < -0.3 is 20.2 Å². The lowest BCUT2D eigenvalue weighted by atomic mass is 10.1. The van der Waals surface area contributed by atoms with Crippen LogP contribution in [0, 0.1) is 0 Å². The Bertz CT molecular complexity index is 275. The molecule has 98 valence electrons. The molecule has 0 bridgehead atoms. The van der Waals surface area contributed by atoms with Crippen LogP contribution in [-0.2, 0) is 11.2 Å². The van der Waals surface area contributed by atoms with Gasteiger partial charge in [-0.2, -0.15) is 0 Å². The van der Waals surface area contributed by atoms with Crippen molar-refractivity contribution in [2.75, 3.05) is 20.3 Å². The van der Waals surface area contributed by atoms with E-state index in [1.165, 1.54) is 0 Å². The van der Waals surface area contributed by atoms with E-state index < -0.39 is 0 Å². The van der Waals surface area contributed by atoms with E-state index in [1.54, 1.807) is 13.4 Å². The van der Waals surface area contributed by atoms with Crippen molar-refractivity contribution in [2.45, 2.75) is 38.3 Å². The SMILES string of the molecule is COCCCC(N)CNC(C)Cc1ccco1. The molecule has 0 aromatic carbocycles. The van der Waals surface area contributed by atoms with E-state index in [9.17, 15) is 0 Å². The van der Waals surface area contributed by atoms with Crippen LogP contribution in [0.5, 0.6) is 0 Å². The highest BCUT2D eigenvalue weighted by molar-refractivity contribution is 4.99. The average molecular weight is 240 g/mol. The van der Waals surface area contributed by atoms with Gasteiger partial charge in [-0.05, 0) is 31.9 Å². The quantitative estimate of drug-likeness (QED) is 0.643. The molecular weight excluding hydrogens is 216 g/mol. The Balaban J connectivity index is 2.08. The third kappa shape index (κ3) is 6.46. The monoisotopic (exact) mass is 240 g/mol. The molecule has 1 rings (SSSR count). The minimum absolute atomic E-state index is 0.198. The van der Waals surface area contributed by atoms with Crippen molar-refractivity contribution in [1.82, 2.24) is 5.32 Å². The lowest BCUT2D eigenvalue weighted by molar-refractivity contribution is 0.190. The molecule has 0 fully saturated rings. The minimum atomic E-state index is 0.198. The molecule has 0 saturated carbocycles. The van der Waals surface area contributed by atoms with E-state index >= 15 is 0 Å². The topological polar surface area (TPSA) is 60.4 Å². The lowest BCUT2D eigenvalue weighted by Gasteiger charge is -2.16. The molecule has 0 aliphatic carbocycles. The van der Waals surface area contributed by atoms with Crippen molar-refractivity contribution in [2.24, 2.45) is 5.73 Å². The fourth-order valence-corrected chi connectivity index (χ4v) is 1.75. The summed E-state index contributed by atoms with van der Waals surface area (Å²) in [5.41, 5.74) is 5.99. The first-order chi connectivity index (χ1) is 8.22. The molecule has 3 N–H and O–H groups in total. The standard InChI is InChI=1S/C13H24N2O2/c1-11(9-13-6-4-8-17-13)15-10-12(14)5-3-7-16-2/h4,6,8,11-12,15H,3,5,7,9-10,14H2,1-2H3. The van der Waals surface area contributed by atoms with Crippen LogP contribution in [0.2, 0.25) is 0 Å². The molecule has 1 aromatic rings. The molecule has 4 heteroatoms. The van der Waals surface area contributed by atoms with Crippen LogP contribution in [0.1, 0.15) is 25.5 Å². The molecule has 0 aliphatic heterocycles. The van der Waals surface area contributed by atoms with Gasteiger partial charge in [0.25, 0.3) is 0 Å². The van der Waals surface area contributed by atoms with Crippen LogP contribution in [0.3, 0.4) is 0 Å². The normalized spacial score (nSPS) is 14.8. The summed E-state index contributed by atoms with van der Waals surface area (Å²) in [5, 5.41) is 3.42. The fourth-order valence-electron chi connectivity index (χ4n) is 1.75. The summed E-state index contributed by atoms with van der Waals surface area (Å²) in [6.07, 6.45) is 4.62. The molecule has 0 radical (unpaired) electrons. The fraction of sp³-hybridized carbons (Fsp3) is 0.692. The van der Waals surface area contributed by atoms with Gasteiger partial charge >= 0.3 is 0 Å². The van der Waals surface area contributed by atoms with Crippen molar-refractivity contribution in [3.63, 3.8) is 0 Å². The van der Waals surface area contributed by atoms with Crippen LogP contribution in [0.4, 0.5) is 0 Å². The van der Waals surface area contributed by atoms with Crippen LogP contribution >= 0.6 is 0 Å². The number of methoxy groups -OCH3 is 1. The second kappa shape index (κ2) is 8.28. The summed E-state index contributed by atoms with van der Waals surface area (Å²) in [4.78, 5) is 0. The lowest BCUT2D eigenvalue weighted by Crippen LogP contribution is -2.39. The summed E-state index contributed by atoms with van der Waals surface area (Å²) in [6, 6.07) is 4.49. The zero-order valence-electron chi connectivity index (χ0n) is 10.8. The molecule has 1 aromatic heterocycles. The van der Waals surface area contributed by atoms with Crippen LogP contribution in [0.25, 0.3) is 0 Å². The third-order valence-corrected chi connectivity index (χ3v) is 2.74. The van der Waals surface area contributed by atoms with Crippen LogP contribution in [-0.4, -0.2) is 32.3 Å². The maximum absolute atomic E-state index is 5.99. The van der Waals surface area contributed by atoms with Gasteiger partial charge in [-0.25, -0.2) is 0 Å². The van der Waals surface area contributed by atoms with Gasteiger partial charge in [0.15, 0.2) is 0 Å².